The summed E-state index contributed by atoms with van der Waals surface area (Å²) in [4.78, 5) is 12.6. The maximum Gasteiger partial charge on any atom is 0.255 e. The number of rotatable bonds is 6. The second kappa shape index (κ2) is 10.2. The van der Waals surface area contributed by atoms with Crippen LogP contribution in [-0.4, -0.2) is 25.5 Å². The molecule has 2 aromatic rings. The number of hydrogen-bond donors (Lipinski definition) is 2. The number of carbonyl (C=O) groups is 1. The van der Waals surface area contributed by atoms with Gasteiger partial charge in [-0.1, -0.05) is 36.4 Å². The lowest BCUT2D eigenvalue weighted by Gasteiger charge is -2.23. The third-order valence-electron chi connectivity index (χ3n) is 4.73. The summed E-state index contributed by atoms with van der Waals surface area (Å²) in [5.41, 5.74) is 2.92. The summed E-state index contributed by atoms with van der Waals surface area (Å²) in [5.74, 6) is 1.08. The molecule has 2 aromatic carbocycles. The van der Waals surface area contributed by atoms with Crippen LogP contribution in [0.25, 0.3) is 0 Å². The molecule has 0 spiro atoms. The molecule has 140 valence electrons. The number of benzene rings is 2. The third-order valence-corrected chi connectivity index (χ3v) is 4.73. The summed E-state index contributed by atoms with van der Waals surface area (Å²) in [7, 11) is 0. The number of ether oxygens (including phenoxy) is 1. The Balaban J connectivity index is 0.00000243. The molecule has 1 saturated heterocycles. The van der Waals surface area contributed by atoms with Gasteiger partial charge in [0, 0.05) is 6.54 Å². The van der Waals surface area contributed by atoms with Gasteiger partial charge in [-0.05, 0) is 62.0 Å². The Labute approximate surface area is 161 Å². The van der Waals surface area contributed by atoms with E-state index in [0.29, 0.717) is 30.4 Å². The van der Waals surface area contributed by atoms with Gasteiger partial charge in [0.15, 0.2) is 0 Å². The highest BCUT2D eigenvalue weighted by atomic mass is 35.5. The number of aryl methyl sites for hydroxylation is 1. The number of para-hydroxylation sites is 1. The first-order chi connectivity index (χ1) is 12.2. The van der Waals surface area contributed by atoms with Gasteiger partial charge in [0.25, 0.3) is 5.91 Å². The Kier molecular flexibility index (Phi) is 7.95. The van der Waals surface area contributed by atoms with Gasteiger partial charge in [-0.3, -0.25) is 4.79 Å². The maximum atomic E-state index is 12.6. The van der Waals surface area contributed by atoms with Gasteiger partial charge in [-0.25, -0.2) is 0 Å². The number of piperidine rings is 1. The van der Waals surface area contributed by atoms with E-state index in [2.05, 4.69) is 23.6 Å². The minimum Gasteiger partial charge on any atom is -0.488 e. The summed E-state index contributed by atoms with van der Waals surface area (Å²) in [6, 6.07) is 15.6. The molecule has 3 rings (SSSR count). The van der Waals surface area contributed by atoms with Crippen LogP contribution in [0.1, 0.15) is 34.3 Å². The Bertz CT molecular complexity index is 715. The van der Waals surface area contributed by atoms with Gasteiger partial charge in [-0.2, -0.15) is 0 Å². The van der Waals surface area contributed by atoms with Gasteiger partial charge in [0.2, 0.25) is 0 Å². The lowest BCUT2D eigenvalue weighted by Crippen LogP contribution is -2.38. The van der Waals surface area contributed by atoms with E-state index in [1.165, 1.54) is 18.4 Å². The van der Waals surface area contributed by atoms with Gasteiger partial charge in [0.1, 0.15) is 12.4 Å². The lowest BCUT2D eigenvalue weighted by molar-refractivity contribution is 0.0940. The fourth-order valence-electron chi connectivity index (χ4n) is 3.14. The molecule has 0 saturated carbocycles. The number of hydrogen-bond acceptors (Lipinski definition) is 3. The van der Waals surface area contributed by atoms with Gasteiger partial charge in [-0.15, -0.1) is 12.4 Å². The lowest BCUT2D eigenvalue weighted by atomic mass is 9.99. The summed E-state index contributed by atoms with van der Waals surface area (Å²) in [6.07, 6.45) is 2.34. The smallest absolute Gasteiger partial charge is 0.255 e. The van der Waals surface area contributed by atoms with Crippen molar-refractivity contribution >= 4 is 18.3 Å². The minimum absolute atomic E-state index is 0. The Morgan fingerprint density at radius 3 is 2.73 bits per heavy atom. The van der Waals surface area contributed by atoms with E-state index in [1.807, 2.05) is 42.5 Å². The molecule has 1 atom stereocenters. The number of halogens is 1. The van der Waals surface area contributed by atoms with Crippen molar-refractivity contribution in [3.8, 4) is 5.75 Å². The van der Waals surface area contributed by atoms with E-state index in [-0.39, 0.29) is 18.3 Å². The topological polar surface area (TPSA) is 50.4 Å². The molecule has 1 unspecified atom stereocenters. The first-order valence-corrected chi connectivity index (χ1v) is 8.99. The highest BCUT2D eigenvalue weighted by Gasteiger charge is 2.16. The second-order valence-corrected chi connectivity index (χ2v) is 6.63. The van der Waals surface area contributed by atoms with E-state index in [9.17, 15) is 4.79 Å². The number of amides is 1. The summed E-state index contributed by atoms with van der Waals surface area (Å²) < 4.78 is 5.94. The molecular weight excluding hydrogens is 348 g/mol. The van der Waals surface area contributed by atoms with Crippen LogP contribution in [0.15, 0.2) is 48.5 Å². The van der Waals surface area contributed by atoms with Crippen molar-refractivity contribution in [3.05, 3.63) is 65.2 Å². The van der Waals surface area contributed by atoms with Crippen molar-refractivity contribution in [2.45, 2.75) is 26.4 Å². The first kappa shape index (κ1) is 20.3. The van der Waals surface area contributed by atoms with Crippen LogP contribution < -0.4 is 15.4 Å². The monoisotopic (exact) mass is 374 g/mol. The van der Waals surface area contributed by atoms with Crippen molar-refractivity contribution in [3.63, 3.8) is 0 Å². The second-order valence-electron chi connectivity index (χ2n) is 6.63. The van der Waals surface area contributed by atoms with Crippen molar-refractivity contribution < 1.29 is 9.53 Å². The van der Waals surface area contributed by atoms with Crippen LogP contribution in [0.4, 0.5) is 0 Å². The first-order valence-electron chi connectivity index (χ1n) is 8.99. The Morgan fingerprint density at radius 1 is 1.19 bits per heavy atom. The zero-order chi connectivity index (χ0) is 17.5. The van der Waals surface area contributed by atoms with Crippen LogP contribution in [0, 0.1) is 12.8 Å². The molecular formula is C21H27ClN2O2. The van der Waals surface area contributed by atoms with E-state index >= 15 is 0 Å². The highest BCUT2D eigenvalue weighted by Crippen LogP contribution is 2.20. The fourth-order valence-corrected chi connectivity index (χ4v) is 3.14. The van der Waals surface area contributed by atoms with Crippen molar-refractivity contribution in [1.82, 2.24) is 10.6 Å². The van der Waals surface area contributed by atoms with Gasteiger partial charge < -0.3 is 15.4 Å². The molecule has 0 aliphatic carbocycles. The molecule has 1 heterocycles. The van der Waals surface area contributed by atoms with Crippen LogP contribution in [-0.2, 0) is 6.61 Å². The van der Waals surface area contributed by atoms with E-state index in [4.69, 9.17) is 4.74 Å². The van der Waals surface area contributed by atoms with Crippen molar-refractivity contribution in [2.24, 2.45) is 5.92 Å². The molecule has 4 nitrogen and oxygen atoms in total. The molecule has 1 aliphatic rings. The molecule has 1 aliphatic heterocycles. The van der Waals surface area contributed by atoms with Crippen LogP contribution in [0.5, 0.6) is 5.75 Å². The Hall–Kier alpha value is -2.04. The highest BCUT2D eigenvalue weighted by molar-refractivity contribution is 5.96. The van der Waals surface area contributed by atoms with E-state index in [0.717, 1.165) is 18.7 Å². The summed E-state index contributed by atoms with van der Waals surface area (Å²) >= 11 is 0. The SMILES string of the molecule is Cc1ccccc1COc1ccccc1C(=O)NCC1CCCNC1.Cl. The van der Waals surface area contributed by atoms with Crippen LogP contribution in [0.2, 0.25) is 0 Å². The fraction of sp³-hybridized carbons (Fsp3) is 0.381. The zero-order valence-electron chi connectivity index (χ0n) is 15.2. The summed E-state index contributed by atoms with van der Waals surface area (Å²) in [5, 5.41) is 6.44. The molecule has 0 radical (unpaired) electrons. The molecule has 1 amide bonds. The molecule has 2 N–H and O–H groups in total. The van der Waals surface area contributed by atoms with Crippen LogP contribution >= 0.6 is 12.4 Å². The maximum absolute atomic E-state index is 12.6. The number of nitrogens with one attached hydrogen (secondary N) is 2. The van der Waals surface area contributed by atoms with Gasteiger partial charge >= 0.3 is 0 Å². The predicted octanol–water partition coefficient (Wildman–Crippen LogP) is 3.73. The van der Waals surface area contributed by atoms with Crippen molar-refractivity contribution in [1.29, 1.82) is 0 Å². The quantitative estimate of drug-likeness (QED) is 0.810. The van der Waals surface area contributed by atoms with Crippen molar-refractivity contribution in [2.75, 3.05) is 19.6 Å². The average molecular weight is 375 g/mol. The molecule has 0 bridgehead atoms. The standard InChI is InChI=1S/C21H26N2O2.ClH/c1-16-7-2-3-9-18(16)15-25-20-11-5-4-10-19(20)21(24)23-14-17-8-6-12-22-13-17;/h2-5,7,9-11,17,22H,6,8,12-15H2,1H3,(H,23,24);1H. The molecule has 0 aromatic heterocycles. The molecule has 1 fully saturated rings. The average Bonchev–Trinajstić information content (AvgIpc) is 2.66. The zero-order valence-corrected chi connectivity index (χ0v) is 16.0. The van der Waals surface area contributed by atoms with E-state index in [1.54, 1.807) is 0 Å². The summed E-state index contributed by atoms with van der Waals surface area (Å²) in [6.45, 7) is 5.29. The van der Waals surface area contributed by atoms with Gasteiger partial charge in [0.05, 0.1) is 5.56 Å². The van der Waals surface area contributed by atoms with Crippen LogP contribution in [0.3, 0.4) is 0 Å². The predicted molar refractivity (Wildman–Crippen MR) is 107 cm³/mol. The number of carbonyl (C=O) groups excluding carboxylic acids is 1. The molecule has 26 heavy (non-hydrogen) atoms. The Morgan fingerprint density at radius 2 is 1.96 bits per heavy atom. The normalized spacial score (nSPS) is 16.4. The van der Waals surface area contributed by atoms with E-state index < -0.39 is 0 Å². The largest absolute Gasteiger partial charge is 0.488 e. The minimum atomic E-state index is -0.0639. The molecule has 5 heteroatoms. The third kappa shape index (κ3) is 5.48.